The van der Waals surface area contributed by atoms with Crippen LogP contribution in [0.2, 0.25) is 0 Å². The Morgan fingerprint density at radius 3 is 1.66 bits per heavy atom. The summed E-state index contributed by atoms with van der Waals surface area (Å²) in [4.78, 5) is 71.5. The van der Waals surface area contributed by atoms with Crippen LogP contribution in [-0.4, -0.2) is 92.1 Å². The molecule has 2 aliphatic heterocycles. The molecule has 0 aromatic carbocycles. The van der Waals surface area contributed by atoms with Crippen molar-refractivity contribution in [1.29, 1.82) is 0 Å². The van der Waals surface area contributed by atoms with E-state index in [1.807, 2.05) is 0 Å². The van der Waals surface area contributed by atoms with Crippen molar-refractivity contribution >= 4 is 35.8 Å². The van der Waals surface area contributed by atoms with E-state index in [0.29, 0.717) is 0 Å². The highest BCUT2D eigenvalue weighted by Gasteiger charge is 2.54. The molecule has 0 aromatic rings. The maximum absolute atomic E-state index is 12.3. The van der Waals surface area contributed by atoms with Crippen LogP contribution in [0.3, 0.4) is 0 Å². The summed E-state index contributed by atoms with van der Waals surface area (Å²) in [5.41, 5.74) is 0. The molecule has 212 valence electrons. The van der Waals surface area contributed by atoms with Crippen LogP contribution in [0.4, 0.5) is 0 Å². The monoisotopic (exact) mass is 546 g/mol. The Kier molecular flexibility index (Phi) is 10.6. The molecule has 15 nitrogen and oxygen atoms in total. The Morgan fingerprint density at radius 1 is 0.658 bits per heavy atom. The second-order valence-corrected chi connectivity index (χ2v) is 8.22. The highest BCUT2D eigenvalue weighted by molar-refractivity contribution is 5.86. The number of carbonyl (C=O) groups is 6. The van der Waals surface area contributed by atoms with E-state index in [4.69, 9.17) is 37.9 Å². The van der Waals surface area contributed by atoms with E-state index in [-0.39, 0.29) is 0 Å². The fourth-order valence-electron chi connectivity index (χ4n) is 3.77. The standard InChI is InChI=1S/C23H30O15/c1-9-17(33-11(3)25)19(35-13(5)27)20(23(31-9)36-14(6)28)38-22-18(34-12(4)26)15(32-10(2)24)8-16(37-22)21(29)30-7/h8-9,15,17-20,22-23H,1-7H3. The van der Waals surface area contributed by atoms with Gasteiger partial charge in [-0.1, -0.05) is 0 Å². The van der Waals surface area contributed by atoms with Crippen molar-refractivity contribution < 1.29 is 71.4 Å². The summed E-state index contributed by atoms with van der Waals surface area (Å²) in [5.74, 6) is -5.46. The van der Waals surface area contributed by atoms with E-state index < -0.39 is 90.8 Å². The summed E-state index contributed by atoms with van der Waals surface area (Å²) >= 11 is 0. The second kappa shape index (κ2) is 13.2. The van der Waals surface area contributed by atoms with Crippen LogP contribution >= 0.6 is 0 Å². The first-order valence-electron chi connectivity index (χ1n) is 11.4. The van der Waals surface area contributed by atoms with Gasteiger partial charge in [0.25, 0.3) is 0 Å². The third-order valence-corrected chi connectivity index (χ3v) is 5.05. The third kappa shape index (κ3) is 8.14. The number of hydrogen-bond acceptors (Lipinski definition) is 15. The van der Waals surface area contributed by atoms with Gasteiger partial charge in [0.2, 0.25) is 24.4 Å². The van der Waals surface area contributed by atoms with Gasteiger partial charge in [-0.2, -0.15) is 0 Å². The van der Waals surface area contributed by atoms with Gasteiger partial charge < -0.3 is 42.6 Å². The second-order valence-electron chi connectivity index (χ2n) is 8.22. The molecule has 0 aliphatic carbocycles. The lowest BCUT2D eigenvalue weighted by Crippen LogP contribution is -2.63. The van der Waals surface area contributed by atoms with Crippen LogP contribution in [0.5, 0.6) is 0 Å². The molecule has 38 heavy (non-hydrogen) atoms. The number of carbonyl (C=O) groups excluding carboxylic acids is 6. The number of hydrogen-bond donors (Lipinski definition) is 0. The third-order valence-electron chi connectivity index (χ3n) is 5.05. The Morgan fingerprint density at radius 2 is 1.16 bits per heavy atom. The van der Waals surface area contributed by atoms with Crippen molar-refractivity contribution in [3.63, 3.8) is 0 Å². The molecular weight excluding hydrogens is 516 g/mol. The van der Waals surface area contributed by atoms with Crippen molar-refractivity contribution in [1.82, 2.24) is 0 Å². The highest BCUT2D eigenvalue weighted by Crippen LogP contribution is 2.33. The molecule has 8 unspecified atom stereocenters. The molecule has 1 saturated heterocycles. The molecule has 2 heterocycles. The van der Waals surface area contributed by atoms with Gasteiger partial charge in [0.15, 0.2) is 24.4 Å². The molecule has 0 spiro atoms. The van der Waals surface area contributed by atoms with Gasteiger partial charge in [-0.05, 0) is 6.92 Å². The lowest BCUT2D eigenvalue weighted by atomic mass is 9.98. The van der Waals surface area contributed by atoms with E-state index in [1.165, 1.54) is 6.92 Å². The molecule has 2 rings (SSSR count). The fourth-order valence-corrected chi connectivity index (χ4v) is 3.77. The SMILES string of the molecule is COC(=O)C1=CC(OC(C)=O)C(OC(C)=O)C(OC2C(OC(C)=O)OC(C)C(OC(C)=O)C2OC(C)=O)O1. The first-order chi connectivity index (χ1) is 17.7. The molecule has 0 aromatic heterocycles. The van der Waals surface area contributed by atoms with Crippen LogP contribution < -0.4 is 0 Å². The van der Waals surface area contributed by atoms with Gasteiger partial charge in [-0.25, -0.2) is 4.79 Å². The van der Waals surface area contributed by atoms with Gasteiger partial charge in [0.1, 0.15) is 0 Å². The van der Waals surface area contributed by atoms with Gasteiger partial charge >= 0.3 is 35.8 Å². The minimum Gasteiger partial charge on any atom is -0.463 e. The molecule has 2 aliphatic rings. The van der Waals surface area contributed by atoms with Crippen LogP contribution in [0.25, 0.3) is 0 Å². The van der Waals surface area contributed by atoms with Crippen LogP contribution in [0, 0.1) is 0 Å². The normalized spacial score (nSPS) is 30.4. The van der Waals surface area contributed by atoms with E-state index in [1.54, 1.807) is 0 Å². The van der Waals surface area contributed by atoms with Gasteiger partial charge in [0, 0.05) is 40.7 Å². The topological polar surface area (TPSA) is 185 Å². The van der Waals surface area contributed by atoms with Gasteiger partial charge in [0.05, 0.1) is 13.2 Å². The Labute approximate surface area is 217 Å². The van der Waals surface area contributed by atoms with E-state index in [9.17, 15) is 28.8 Å². The maximum Gasteiger partial charge on any atom is 0.373 e. The smallest absolute Gasteiger partial charge is 0.373 e. The molecule has 0 saturated carbocycles. The quantitative estimate of drug-likeness (QED) is 0.288. The molecule has 0 N–H and O–H groups in total. The molecule has 1 fully saturated rings. The summed E-state index contributed by atoms with van der Waals surface area (Å²) in [6.45, 7) is 6.89. The molecule has 0 bridgehead atoms. The number of ether oxygens (including phenoxy) is 9. The largest absolute Gasteiger partial charge is 0.463 e. The van der Waals surface area contributed by atoms with E-state index >= 15 is 0 Å². The molecular formula is C23H30O15. The Balaban J connectivity index is 2.58. The maximum atomic E-state index is 12.3. The predicted octanol–water partition coefficient (Wildman–Crippen LogP) is -0.180. The van der Waals surface area contributed by atoms with Crippen LogP contribution in [0.15, 0.2) is 11.8 Å². The zero-order valence-electron chi connectivity index (χ0n) is 21.8. The Hall–Kier alpha value is -3.72. The summed E-state index contributed by atoms with van der Waals surface area (Å²) in [5, 5.41) is 0. The van der Waals surface area contributed by atoms with Crippen molar-refractivity contribution in [3.05, 3.63) is 11.8 Å². The minimum atomic E-state index is -1.74. The van der Waals surface area contributed by atoms with Gasteiger partial charge in [-0.3, -0.25) is 24.0 Å². The highest BCUT2D eigenvalue weighted by atomic mass is 16.8. The molecule has 8 atom stereocenters. The number of esters is 6. The summed E-state index contributed by atoms with van der Waals surface area (Å²) in [6, 6.07) is 0. The summed E-state index contributed by atoms with van der Waals surface area (Å²) in [6.07, 6.45) is -10.4. The fraction of sp³-hybridized carbons (Fsp3) is 0.652. The zero-order chi connectivity index (χ0) is 28.7. The predicted molar refractivity (Wildman–Crippen MR) is 118 cm³/mol. The first-order valence-corrected chi connectivity index (χ1v) is 11.4. The molecule has 0 amide bonds. The van der Waals surface area contributed by atoms with Crippen molar-refractivity contribution in [3.8, 4) is 0 Å². The summed E-state index contributed by atoms with van der Waals surface area (Å²) in [7, 11) is 1.06. The number of rotatable bonds is 8. The van der Waals surface area contributed by atoms with Gasteiger partial charge in [-0.15, -0.1) is 0 Å². The molecule has 15 heteroatoms. The Bertz CT molecular complexity index is 972. The van der Waals surface area contributed by atoms with Crippen molar-refractivity contribution in [2.24, 2.45) is 0 Å². The van der Waals surface area contributed by atoms with E-state index in [0.717, 1.165) is 47.8 Å². The minimum absolute atomic E-state index is 0.471. The van der Waals surface area contributed by atoms with Crippen LogP contribution in [-0.2, 0) is 71.4 Å². The van der Waals surface area contributed by atoms with Crippen molar-refractivity contribution in [2.45, 2.75) is 90.7 Å². The lowest BCUT2D eigenvalue weighted by molar-refractivity contribution is -0.333. The van der Waals surface area contributed by atoms with E-state index in [2.05, 4.69) is 4.74 Å². The van der Waals surface area contributed by atoms with Crippen LogP contribution in [0.1, 0.15) is 41.5 Å². The number of methoxy groups -OCH3 is 1. The molecule has 0 radical (unpaired) electrons. The average molecular weight is 546 g/mol. The first kappa shape index (κ1) is 30.5. The lowest BCUT2D eigenvalue weighted by Gasteiger charge is -2.45. The summed E-state index contributed by atoms with van der Waals surface area (Å²) < 4.78 is 48.2. The van der Waals surface area contributed by atoms with Crippen molar-refractivity contribution in [2.75, 3.05) is 7.11 Å². The zero-order valence-corrected chi connectivity index (χ0v) is 21.8. The average Bonchev–Trinajstić information content (AvgIpc) is 2.78.